The SMILES string of the molecule is CC(C)(C)C(=O)NCC(=O)NC1(C#N)CCCCC1. The van der Waals surface area contributed by atoms with Gasteiger partial charge in [-0.2, -0.15) is 5.26 Å². The van der Waals surface area contributed by atoms with Gasteiger partial charge in [0, 0.05) is 5.41 Å². The zero-order valence-corrected chi connectivity index (χ0v) is 12.0. The summed E-state index contributed by atoms with van der Waals surface area (Å²) < 4.78 is 0. The highest BCUT2D eigenvalue weighted by atomic mass is 16.2. The largest absolute Gasteiger partial charge is 0.347 e. The normalized spacial score (nSPS) is 18.2. The van der Waals surface area contributed by atoms with E-state index in [0.29, 0.717) is 12.8 Å². The number of amides is 2. The van der Waals surface area contributed by atoms with Crippen LogP contribution in [0, 0.1) is 16.7 Å². The fourth-order valence-corrected chi connectivity index (χ4v) is 2.16. The van der Waals surface area contributed by atoms with Crippen LogP contribution in [0.25, 0.3) is 0 Å². The van der Waals surface area contributed by atoms with Crippen LogP contribution in [0.4, 0.5) is 0 Å². The van der Waals surface area contributed by atoms with E-state index in [1.54, 1.807) is 20.8 Å². The second kappa shape index (κ2) is 6.05. The van der Waals surface area contributed by atoms with E-state index < -0.39 is 11.0 Å². The smallest absolute Gasteiger partial charge is 0.240 e. The van der Waals surface area contributed by atoms with E-state index in [1.165, 1.54) is 0 Å². The Kier molecular flexibility index (Phi) is 4.93. The molecule has 0 aromatic rings. The van der Waals surface area contributed by atoms with Gasteiger partial charge in [0.15, 0.2) is 0 Å². The number of nitrogens with one attached hydrogen (secondary N) is 2. The predicted molar refractivity (Wildman–Crippen MR) is 72.0 cm³/mol. The summed E-state index contributed by atoms with van der Waals surface area (Å²) in [5.41, 5.74) is -1.25. The molecule has 1 saturated carbocycles. The average molecular weight is 265 g/mol. The maximum absolute atomic E-state index is 11.8. The number of carbonyl (C=O) groups is 2. The van der Waals surface area contributed by atoms with Crippen molar-refractivity contribution in [1.29, 1.82) is 5.26 Å². The summed E-state index contributed by atoms with van der Waals surface area (Å²) in [4.78, 5) is 23.5. The standard InChI is InChI=1S/C14H23N3O2/c1-13(2,3)12(19)16-9-11(18)17-14(10-15)7-5-4-6-8-14/h4-9H2,1-3H3,(H,16,19)(H,17,18). The number of nitriles is 1. The first kappa shape index (κ1) is 15.5. The van der Waals surface area contributed by atoms with Crippen LogP contribution in [0.3, 0.4) is 0 Å². The summed E-state index contributed by atoms with van der Waals surface area (Å²) in [6.07, 6.45) is 4.43. The number of rotatable bonds is 3. The van der Waals surface area contributed by atoms with Gasteiger partial charge in [-0.15, -0.1) is 0 Å². The van der Waals surface area contributed by atoms with Gasteiger partial charge in [0.1, 0.15) is 5.54 Å². The zero-order chi connectivity index (χ0) is 14.5. The quantitative estimate of drug-likeness (QED) is 0.811. The van der Waals surface area contributed by atoms with Crippen LogP contribution in [0.5, 0.6) is 0 Å². The Morgan fingerprint density at radius 2 is 1.79 bits per heavy atom. The molecule has 106 valence electrons. The first-order valence-electron chi connectivity index (χ1n) is 6.80. The Labute approximate surface area is 114 Å². The number of nitrogens with zero attached hydrogens (tertiary/aromatic N) is 1. The van der Waals surface area contributed by atoms with Crippen molar-refractivity contribution in [2.75, 3.05) is 6.54 Å². The van der Waals surface area contributed by atoms with Crippen molar-refractivity contribution in [3.63, 3.8) is 0 Å². The van der Waals surface area contributed by atoms with Crippen molar-refractivity contribution in [3.05, 3.63) is 0 Å². The minimum Gasteiger partial charge on any atom is -0.347 e. The summed E-state index contributed by atoms with van der Waals surface area (Å²) in [6, 6.07) is 2.22. The summed E-state index contributed by atoms with van der Waals surface area (Å²) in [5.74, 6) is -0.460. The van der Waals surface area contributed by atoms with Crippen LogP contribution in [0.15, 0.2) is 0 Å². The fraction of sp³-hybridized carbons (Fsp3) is 0.786. The average Bonchev–Trinajstić information content (AvgIpc) is 2.36. The van der Waals surface area contributed by atoms with E-state index in [-0.39, 0.29) is 18.4 Å². The topological polar surface area (TPSA) is 82.0 Å². The monoisotopic (exact) mass is 265 g/mol. The summed E-state index contributed by atoms with van der Waals surface area (Å²) in [6.45, 7) is 5.30. The first-order valence-corrected chi connectivity index (χ1v) is 6.80. The molecule has 19 heavy (non-hydrogen) atoms. The molecule has 0 saturated heterocycles. The Bertz CT molecular complexity index is 384. The maximum atomic E-state index is 11.8. The molecule has 0 bridgehead atoms. The Morgan fingerprint density at radius 1 is 1.21 bits per heavy atom. The van der Waals surface area contributed by atoms with E-state index in [4.69, 9.17) is 0 Å². The Balaban J connectivity index is 2.47. The molecule has 0 atom stereocenters. The third kappa shape index (κ3) is 4.55. The molecule has 0 heterocycles. The van der Waals surface area contributed by atoms with Crippen molar-refractivity contribution >= 4 is 11.8 Å². The minimum atomic E-state index is -0.734. The van der Waals surface area contributed by atoms with Gasteiger partial charge in [0.25, 0.3) is 0 Å². The molecule has 0 aromatic heterocycles. The molecular weight excluding hydrogens is 242 g/mol. The van der Waals surface area contributed by atoms with Crippen molar-refractivity contribution in [1.82, 2.24) is 10.6 Å². The molecule has 1 aliphatic rings. The van der Waals surface area contributed by atoms with Crippen LogP contribution in [-0.4, -0.2) is 23.9 Å². The first-order chi connectivity index (χ1) is 8.79. The molecule has 2 N–H and O–H groups in total. The summed E-state index contributed by atoms with van der Waals surface area (Å²) in [7, 11) is 0. The molecule has 0 unspecified atom stereocenters. The molecule has 0 aromatic carbocycles. The predicted octanol–water partition coefficient (Wildman–Crippen LogP) is 1.49. The lowest BCUT2D eigenvalue weighted by Crippen LogP contribution is -2.52. The summed E-state index contributed by atoms with van der Waals surface area (Å²) >= 11 is 0. The van der Waals surface area contributed by atoms with E-state index >= 15 is 0 Å². The van der Waals surface area contributed by atoms with Crippen LogP contribution < -0.4 is 10.6 Å². The van der Waals surface area contributed by atoms with Gasteiger partial charge in [-0.05, 0) is 12.8 Å². The van der Waals surface area contributed by atoms with Gasteiger partial charge < -0.3 is 10.6 Å². The highest BCUT2D eigenvalue weighted by molar-refractivity contribution is 5.87. The van der Waals surface area contributed by atoms with Gasteiger partial charge in [0.2, 0.25) is 11.8 Å². The fourth-order valence-electron chi connectivity index (χ4n) is 2.16. The molecule has 0 aliphatic heterocycles. The van der Waals surface area contributed by atoms with Crippen molar-refractivity contribution < 1.29 is 9.59 Å². The Morgan fingerprint density at radius 3 is 2.26 bits per heavy atom. The van der Waals surface area contributed by atoms with Crippen LogP contribution in [0.2, 0.25) is 0 Å². The molecular formula is C14H23N3O2. The van der Waals surface area contributed by atoms with Crippen molar-refractivity contribution in [2.24, 2.45) is 5.41 Å². The molecule has 5 nitrogen and oxygen atoms in total. The summed E-state index contributed by atoms with van der Waals surface area (Å²) in [5, 5.41) is 14.6. The molecule has 0 radical (unpaired) electrons. The number of hydrogen-bond acceptors (Lipinski definition) is 3. The lowest BCUT2D eigenvalue weighted by atomic mass is 9.83. The van der Waals surface area contributed by atoms with Gasteiger partial charge >= 0.3 is 0 Å². The molecule has 5 heteroatoms. The second-order valence-corrected chi connectivity index (χ2v) is 6.24. The second-order valence-electron chi connectivity index (χ2n) is 6.24. The van der Waals surface area contributed by atoms with E-state index in [0.717, 1.165) is 19.3 Å². The third-order valence-electron chi connectivity index (χ3n) is 3.39. The van der Waals surface area contributed by atoms with Crippen molar-refractivity contribution in [2.45, 2.75) is 58.4 Å². The van der Waals surface area contributed by atoms with Gasteiger partial charge in [-0.25, -0.2) is 0 Å². The van der Waals surface area contributed by atoms with E-state index in [9.17, 15) is 14.9 Å². The Hall–Kier alpha value is -1.57. The lowest BCUT2D eigenvalue weighted by Gasteiger charge is -2.31. The van der Waals surface area contributed by atoms with Crippen LogP contribution in [0.1, 0.15) is 52.9 Å². The molecule has 2 amide bonds. The molecule has 0 spiro atoms. The minimum absolute atomic E-state index is 0.0699. The van der Waals surface area contributed by atoms with Crippen molar-refractivity contribution in [3.8, 4) is 6.07 Å². The lowest BCUT2D eigenvalue weighted by molar-refractivity contribution is -0.131. The molecule has 1 fully saturated rings. The third-order valence-corrected chi connectivity index (χ3v) is 3.39. The van der Waals surface area contributed by atoms with E-state index in [1.807, 2.05) is 0 Å². The number of hydrogen-bond donors (Lipinski definition) is 2. The van der Waals surface area contributed by atoms with Gasteiger partial charge in [0.05, 0.1) is 12.6 Å². The van der Waals surface area contributed by atoms with Crippen LogP contribution in [-0.2, 0) is 9.59 Å². The molecule has 1 rings (SSSR count). The number of carbonyl (C=O) groups excluding carboxylic acids is 2. The zero-order valence-electron chi connectivity index (χ0n) is 12.0. The van der Waals surface area contributed by atoms with E-state index in [2.05, 4.69) is 16.7 Å². The maximum Gasteiger partial charge on any atom is 0.240 e. The van der Waals surface area contributed by atoms with Gasteiger partial charge in [-0.1, -0.05) is 40.0 Å². The molecule has 1 aliphatic carbocycles. The highest BCUT2D eigenvalue weighted by Gasteiger charge is 2.33. The highest BCUT2D eigenvalue weighted by Crippen LogP contribution is 2.27. The van der Waals surface area contributed by atoms with Crippen LogP contribution >= 0.6 is 0 Å². The van der Waals surface area contributed by atoms with Gasteiger partial charge in [-0.3, -0.25) is 9.59 Å².